The maximum Gasteiger partial charge on any atom is 0.254 e. The largest absolute Gasteiger partial charge is 1.00 e. The molecule has 0 atom stereocenters. The Morgan fingerprint density at radius 1 is 1.38 bits per heavy atom. The summed E-state index contributed by atoms with van der Waals surface area (Å²) in [6.45, 7) is 3.15. The van der Waals surface area contributed by atoms with Crippen molar-refractivity contribution in [3.05, 3.63) is 30.1 Å². The van der Waals surface area contributed by atoms with E-state index in [9.17, 15) is 4.79 Å². The number of rotatable bonds is 6. The smallest absolute Gasteiger partial charge is 0.254 e. The van der Waals surface area contributed by atoms with E-state index in [1.807, 2.05) is 23.0 Å². The molecule has 0 spiro atoms. The van der Waals surface area contributed by atoms with Gasteiger partial charge in [-0.1, -0.05) is 19.8 Å². The summed E-state index contributed by atoms with van der Waals surface area (Å²) in [6, 6.07) is 3.60. The van der Waals surface area contributed by atoms with Gasteiger partial charge < -0.3 is 29.7 Å². The van der Waals surface area contributed by atoms with Gasteiger partial charge in [0.15, 0.2) is 12.4 Å². The van der Waals surface area contributed by atoms with Crippen LogP contribution in [-0.2, 0) is 6.54 Å². The molecule has 0 aromatic carbocycles. The summed E-state index contributed by atoms with van der Waals surface area (Å²) in [4.78, 5) is 10.9. The van der Waals surface area contributed by atoms with Crippen LogP contribution in [0.4, 0.5) is 0 Å². The highest BCUT2D eigenvalue weighted by Gasteiger charge is 2.06. The predicted molar refractivity (Wildman–Crippen MR) is 59.3 cm³/mol. The van der Waals surface area contributed by atoms with E-state index in [1.165, 1.54) is 19.3 Å². The highest BCUT2D eigenvalue weighted by molar-refractivity contribution is 5.92. The summed E-state index contributed by atoms with van der Waals surface area (Å²) >= 11 is 0. The first kappa shape index (κ1) is 15.3. The predicted octanol–water partition coefficient (Wildman–Crippen LogP) is -1.34. The number of aromatic nitrogens is 1. The van der Waals surface area contributed by atoms with Crippen molar-refractivity contribution >= 4 is 5.91 Å². The number of carbonyl (C=O) groups excluding carboxylic acids is 1. The molecule has 0 aliphatic rings. The molecule has 2 N–H and O–H groups in total. The van der Waals surface area contributed by atoms with Crippen LogP contribution in [0.1, 0.15) is 43.0 Å². The van der Waals surface area contributed by atoms with Gasteiger partial charge in [-0.25, -0.2) is 4.57 Å². The Morgan fingerprint density at radius 2 is 2.12 bits per heavy atom. The van der Waals surface area contributed by atoms with Crippen LogP contribution in [0.15, 0.2) is 24.5 Å². The van der Waals surface area contributed by atoms with Crippen molar-refractivity contribution in [3.63, 3.8) is 0 Å². The first-order valence-corrected chi connectivity index (χ1v) is 5.53. The maximum atomic E-state index is 10.9. The van der Waals surface area contributed by atoms with E-state index in [2.05, 4.69) is 6.92 Å². The molecule has 4 heteroatoms. The highest BCUT2D eigenvalue weighted by atomic mass is 127. The van der Waals surface area contributed by atoms with Gasteiger partial charge in [0.25, 0.3) is 5.91 Å². The molecule has 0 unspecified atom stereocenters. The molecule has 0 fully saturated rings. The molecule has 90 valence electrons. The fraction of sp³-hybridized carbons (Fsp3) is 0.500. The van der Waals surface area contributed by atoms with Gasteiger partial charge in [-0.2, -0.15) is 0 Å². The molecule has 1 aromatic heterocycles. The maximum absolute atomic E-state index is 10.9. The first-order valence-electron chi connectivity index (χ1n) is 5.53. The molecule has 1 rings (SSSR count). The monoisotopic (exact) mass is 334 g/mol. The second kappa shape index (κ2) is 8.50. The molecule has 3 nitrogen and oxygen atoms in total. The third kappa shape index (κ3) is 5.44. The van der Waals surface area contributed by atoms with Crippen molar-refractivity contribution < 1.29 is 33.3 Å². The zero-order chi connectivity index (χ0) is 11.1. The van der Waals surface area contributed by atoms with Gasteiger partial charge in [-0.05, 0) is 12.5 Å². The Kier molecular flexibility index (Phi) is 8.15. The minimum atomic E-state index is -0.363. The number of amides is 1. The van der Waals surface area contributed by atoms with Crippen molar-refractivity contribution in [3.8, 4) is 0 Å². The number of pyridine rings is 1. The van der Waals surface area contributed by atoms with Crippen LogP contribution >= 0.6 is 0 Å². The van der Waals surface area contributed by atoms with Crippen LogP contribution in [0.25, 0.3) is 0 Å². The minimum Gasteiger partial charge on any atom is -1.00 e. The molecule has 1 amide bonds. The Labute approximate surface area is 114 Å². The van der Waals surface area contributed by atoms with E-state index in [0.29, 0.717) is 5.56 Å². The fourth-order valence-electron chi connectivity index (χ4n) is 1.53. The SMILES string of the molecule is CCCCCC[n+]1cccc(C(N)=O)c1.[I-]. The van der Waals surface area contributed by atoms with Crippen LogP contribution < -0.4 is 34.3 Å². The third-order valence-electron chi connectivity index (χ3n) is 2.41. The van der Waals surface area contributed by atoms with Crippen molar-refractivity contribution in [2.75, 3.05) is 0 Å². The van der Waals surface area contributed by atoms with E-state index in [1.54, 1.807) is 6.07 Å². The zero-order valence-electron chi connectivity index (χ0n) is 9.66. The van der Waals surface area contributed by atoms with Gasteiger partial charge in [0.05, 0.1) is 0 Å². The van der Waals surface area contributed by atoms with Gasteiger partial charge in [0, 0.05) is 12.5 Å². The number of aryl methyl sites for hydroxylation is 1. The Balaban J connectivity index is 0.00000225. The molecular weight excluding hydrogens is 315 g/mol. The summed E-state index contributed by atoms with van der Waals surface area (Å²) in [5.41, 5.74) is 5.78. The molecule has 0 saturated heterocycles. The summed E-state index contributed by atoms with van der Waals surface area (Å²) < 4.78 is 2.02. The summed E-state index contributed by atoms with van der Waals surface area (Å²) in [5.74, 6) is -0.363. The van der Waals surface area contributed by atoms with Gasteiger partial charge in [-0.15, -0.1) is 0 Å². The van der Waals surface area contributed by atoms with Crippen LogP contribution in [0.3, 0.4) is 0 Å². The molecule has 0 bridgehead atoms. The number of carbonyl (C=O) groups is 1. The lowest BCUT2D eigenvalue weighted by molar-refractivity contribution is -0.697. The quantitative estimate of drug-likeness (QED) is 0.391. The van der Waals surface area contributed by atoms with Crippen LogP contribution in [0.2, 0.25) is 0 Å². The number of nitrogens with zero attached hydrogens (tertiary/aromatic N) is 1. The van der Waals surface area contributed by atoms with Gasteiger partial charge in [-0.3, -0.25) is 4.79 Å². The molecule has 1 heterocycles. The lowest BCUT2D eigenvalue weighted by atomic mass is 10.2. The fourth-order valence-corrected chi connectivity index (χ4v) is 1.53. The van der Waals surface area contributed by atoms with Crippen molar-refractivity contribution in [2.24, 2.45) is 5.73 Å². The second-order valence-corrected chi connectivity index (χ2v) is 3.76. The van der Waals surface area contributed by atoms with Crippen molar-refractivity contribution in [1.82, 2.24) is 0 Å². The molecular formula is C12H19IN2O. The standard InChI is InChI=1S/C12H18N2O.HI/c1-2-3-4-5-8-14-9-6-7-11(10-14)12(13)15;/h6-7,9-10H,2-5,8H2,1H3,(H-,13,15);1H. The number of unbranched alkanes of at least 4 members (excludes halogenated alkanes) is 3. The first-order chi connectivity index (χ1) is 7.24. The summed E-state index contributed by atoms with van der Waals surface area (Å²) in [7, 11) is 0. The van der Waals surface area contributed by atoms with Gasteiger partial charge >= 0.3 is 0 Å². The Hall–Kier alpha value is -0.650. The number of hydrogen-bond donors (Lipinski definition) is 1. The topological polar surface area (TPSA) is 47.0 Å². The normalized spacial score (nSPS) is 9.56. The molecule has 16 heavy (non-hydrogen) atoms. The van der Waals surface area contributed by atoms with E-state index in [0.717, 1.165) is 13.0 Å². The average molecular weight is 334 g/mol. The third-order valence-corrected chi connectivity index (χ3v) is 2.41. The van der Waals surface area contributed by atoms with Crippen molar-refractivity contribution in [2.45, 2.75) is 39.2 Å². The molecule has 0 radical (unpaired) electrons. The summed E-state index contributed by atoms with van der Waals surface area (Å²) in [5, 5.41) is 0. The van der Waals surface area contributed by atoms with Crippen LogP contribution in [0, 0.1) is 0 Å². The number of hydrogen-bond acceptors (Lipinski definition) is 1. The molecule has 1 aromatic rings. The number of halogens is 1. The van der Waals surface area contributed by atoms with Gasteiger partial charge in [0.2, 0.25) is 0 Å². The molecule has 0 aliphatic carbocycles. The Bertz CT molecular complexity index is 329. The van der Waals surface area contributed by atoms with E-state index in [-0.39, 0.29) is 29.9 Å². The van der Waals surface area contributed by atoms with Gasteiger partial charge in [0.1, 0.15) is 12.1 Å². The van der Waals surface area contributed by atoms with Crippen molar-refractivity contribution in [1.29, 1.82) is 0 Å². The molecule has 0 saturated carbocycles. The highest BCUT2D eigenvalue weighted by Crippen LogP contribution is 1.99. The second-order valence-electron chi connectivity index (χ2n) is 3.76. The van der Waals surface area contributed by atoms with Crippen LogP contribution in [0.5, 0.6) is 0 Å². The zero-order valence-corrected chi connectivity index (χ0v) is 11.8. The van der Waals surface area contributed by atoms with Crippen LogP contribution in [-0.4, -0.2) is 5.91 Å². The van der Waals surface area contributed by atoms with E-state index < -0.39 is 0 Å². The lowest BCUT2D eigenvalue weighted by Gasteiger charge is -1.98. The van der Waals surface area contributed by atoms with E-state index >= 15 is 0 Å². The Morgan fingerprint density at radius 3 is 2.75 bits per heavy atom. The minimum absolute atomic E-state index is 0. The number of nitrogens with two attached hydrogens (primary N) is 1. The number of primary amides is 1. The average Bonchev–Trinajstić information content (AvgIpc) is 2.25. The molecule has 0 aliphatic heterocycles. The van der Waals surface area contributed by atoms with E-state index in [4.69, 9.17) is 5.73 Å². The lowest BCUT2D eigenvalue weighted by Crippen LogP contribution is -3.00. The summed E-state index contributed by atoms with van der Waals surface area (Å²) in [6.07, 6.45) is 8.69.